The first-order chi connectivity index (χ1) is 7.86. The lowest BCUT2D eigenvalue weighted by Crippen LogP contribution is -2.54. The van der Waals surface area contributed by atoms with Crippen molar-refractivity contribution in [3.63, 3.8) is 0 Å². The van der Waals surface area contributed by atoms with E-state index in [0.717, 1.165) is 19.4 Å². The molecule has 0 unspecified atom stereocenters. The molecule has 1 rings (SSSR count). The van der Waals surface area contributed by atoms with Gasteiger partial charge >= 0.3 is 0 Å². The molecule has 0 bridgehead atoms. The molecule has 0 atom stereocenters. The molecule has 1 fully saturated rings. The summed E-state index contributed by atoms with van der Waals surface area (Å²) in [7, 11) is 1.66. The molecule has 5 nitrogen and oxygen atoms in total. The van der Waals surface area contributed by atoms with Crippen LogP contribution in [0.3, 0.4) is 0 Å². The van der Waals surface area contributed by atoms with Crippen LogP contribution in [0.15, 0.2) is 0 Å². The summed E-state index contributed by atoms with van der Waals surface area (Å²) in [6, 6.07) is 0.341. The summed E-state index contributed by atoms with van der Waals surface area (Å²) in [5.41, 5.74) is -0.622. The summed E-state index contributed by atoms with van der Waals surface area (Å²) in [6.07, 6.45) is 2.12. The maximum atomic E-state index is 12.1. The predicted molar refractivity (Wildman–Crippen MR) is 66.6 cm³/mol. The summed E-state index contributed by atoms with van der Waals surface area (Å²) in [6.45, 7) is 6.46. The maximum absolute atomic E-state index is 12.1. The maximum Gasteiger partial charge on any atom is 0.242 e. The topological polar surface area (TPSA) is 61.4 Å². The van der Waals surface area contributed by atoms with Crippen molar-refractivity contribution in [3.05, 3.63) is 0 Å². The molecule has 1 aliphatic rings. The summed E-state index contributed by atoms with van der Waals surface area (Å²) in [5, 5.41) is 5.98. The van der Waals surface area contributed by atoms with Crippen LogP contribution < -0.4 is 10.6 Å². The van der Waals surface area contributed by atoms with Crippen LogP contribution >= 0.6 is 0 Å². The van der Waals surface area contributed by atoms with Crippen molar-refractivity contribution < 1.29 is 9.59 Å². The van der Waals surface area contributed by atoms with Gasteiger partial charge in [-0.15, -0.1) is 0 Å². The summed E-state index contributed by atoms with van der Waals surface area (Å²) in [5.74, 6) is -0.138. The summed E-state index contributed by atoms with van der Waals surface area (Å²) in [4.78, 5) is 25.1. The normalized spacial score (nSPS) is 15.5. The van der Waals surface area contributed by atoms with Gasteiger partial charge in [-0.3, -0.25) is 9.59 Å². The smallest absolute Gasteiger partial charge is 0.242 e. The van der Waals surface area contributed by atoms with E-state index in [1.54, 1.807) is 7.05 Å². The number of hydrogen-bond acceptors (Lipinski definition) is 3. The number of rotatable bonds is 6. The first kappa shape index (κ1) is 14.0. The largest absolute Gasteiger partial charge is 0.352 e. The number of nitrogens with one attached hydrogen (secondary N) is 2. The van der Waals surface area contributed by atoms with Crippen LogP contribution in [-0.2, 0) is 9.59 Å². The lowest BCUT2D eigenvalue weighted by Gasteiger charge is -2.29. The molecule has 0 saturated heterocycles. The second-order valence-corrected chi connectivity index (χ2v) is 5.16. The van der Waals surface area contributed by atoms with Crippen LogP contribution in [0.2, 0.25) is 0 Å². The highest BCUT2D eigenvalue weighted by Crippen LogP contribution is 2.18. The van der Waals surface area contributed by atoms with Crippen LogP contribution in [0.5, 0.6) is 0 Å². The Morgan fingerprint density at radius 2 is 1.94 bits per heavy atom. The molecule has 1 aliphatic carbocycles. The molecule has 0 aromatic rings. The van der Waals surface area contributed by atoms with Gasteiger partial charge in [0.2, 0.25) is 11.8 Å². The fourth-order valence-corrected chi connectivity index (χ4v) is 1.78. The minimum atomic E-state index is -0.622. The van der Waals surface area contributed by atoms with E-state index in [1.807, 2.05) is 20.8 Å². The van der Waals surface area contributed by atoms with Gasteiger partial charge in [0.1, 0.15) is 0 Å². The Balaban J connectivity index is 2.41. The zero-order chi connectivity index (χ0) is 13.1. The molecule has 0 radical (unpaired) electrons. The Hall–Kier alpha value is -1.10. The molecule has 0 aromatic carbocycles. The average Bonchev–Trinajstić information content (AvgIpc) is 3.00. The van der Waals surface area contributed by atoms with Gasteiger partial charge in [-0.2, -0.15) is 0 Å². The van der Waals surface area contributed by atoms with E-state index in [9.17, 15) is 9.59 Å². The lowest BCUT2D eigenvalue weighted by molar-refractivity contribution is -0.139. The van der Waals surface area contributed by atoms with E-state index >= 15 is 0 Å². The molecular weight excluding hydrogens is 218 g/mol. The predicted octanol–water partition coefficient (Wildman–Crippen LogP) is 0.112. The van der Waals surface area contributed by atoms with E-state index in [0.29, 0.717) is 6.04 Å². The lowest BCUT2D eigenvalue weighted by atomic mass is 10.0. The van der Waals surface area contributed by atoms with Gasteiger partial charge in [0.25, 0.3) is 0 Å². The average molecular weight is 241 g/mol. The number of nitrogens with zero attached hydrogens (tertiary/aromatic N) is 1. The Morgan fingerprint density at radius 3 is 2.41 bits per heavy atom. The number of hydrogen-bond donors (Lipinski definition) is 2. The van der Waals surface area contributed by atoms with E-state index < -0.39 is 5.54 Å². The standard InChI is InChI=1S/C12H23N3O2/c1-5-13-12(2,3)11(17)15(4)8-10(16)14-9-6-7-9/h9,13H,5-8H2,1-4H3,(H,14,16). The molecule has 0 spiro atoms. The third-order valence-corrected chi connectivity index (χ3v) is 2.82. The zero-order valence-corrected chi connectivity index (χ0v) is 11.2. The monoisotopic (exact) mass is 241 g/mol. The van der Waals surface area contributed by atoms with Crippen LogP contribution in [0, 0.1) is 0 Å². The quantitative estimate of drug-likeness (QED) is 0.694. The van der Waals surface area contributed by atoms with Crippen molar-refractivity contribution in [1.82, 2.24) is 15.5 Å². The van der Waals surface area contributed by atoms with E-state index in [1.165, 1.54) is 4.90 Å². The van der Waals surface area contributed by atoms with Gasteiger partial charge in [-0.1, -0.05) is 6.92 Å². The van der Waals surface area contributed by atoms with Gasteiger partial charge in [-0.25, -0.2) is 0 Å². The van der Waals surface area contributed by atoms with Crippen molar-refractivity contribution in [2.75, 3.05) is 20.1 Å². The first-order valence-corrected chi connectivity index (χ1v) is 6.16. The van der Waals surface area contributed by atoms with E-state index in [2.05, 4.69) is 10.6 Å². The van der Waals surface area contributed by atoms with Crippen molar-refractivity contribution in [2.24, 2.45) is 0 Å². The van der Waals surface area contributed by atoms with Crippen LogP contribution in [0.25, 0.3) is 0 Å². The Kier molecular flexibility index (Phi) is 4.51. The van der Waals surface area contributed by atoms with Gasteiger partial charge in [-0.05, 0) is 33.2 Å². The number of likely N-dealkylation sites (N-methyl/N-ethyl adjacent to an activating group) is 2. The molecule has 17 heavy (non-hydrogen) atoms. The van der Waals surface area contributed by atoms with Crippen LogP contribution in [0.1, 0.15) is 33.6 Å². The number of carbonyl (C=O) groups is 2. The minimum absolute atomic E-state index is 0.0645. The van der Waals surface area contributed by atoms with Crippen LogP contribution in [0.4, 0.5) is 0 Å². The van der Waals surface area contributed by atoms with Gasteiger partial charge in [0.05, 0.1) is 12.1 Å². The third kappa shape index (κ3) is 4.34. The molecule has 2 amide bonds. The molecule has 5 heteroatoms. The fraction of sp³-hybridized carbons (Fsp3) is 0.833. The van der Waals surface area contributed by atoms with Gasteiger partial charge < -0.3 is 15.5 Å². The number of amides is 2. The first-order valence-electron chi connectivity index (χ1n) is 6.16. The van der Waals surface area contributed by atoms with Crippen LogP contribution in [-0.4, -0.2) is 48.4 Å². The van der Waals surface area contributed by atoms with Crippen molar-refractivity contribution in [1.29, 1.82) is 0 Å². The molecule has 0 aliphatic heterocycles. The fourth-order valence-electron chi connectivity index (χ4n) is 1.78. The molecular formula is C12H23N3O2. The molecule has 0 aromatic heterocycles. The SMILES string of the molecule is CCNC(C)(C)C(=O)N(C)CC(=O)NC1CC1. The highest BCUT2D eigenvalue weighted by Gasteiger charge is 2.31. The minimum Gasteiger partial charge on any atom is -0.352 e. The summed E-state index contributed by atoms with van der Waals surface area (Å²) >= 11 is 0. The second kappa shape index (κ2) is 5.49. The third-order valence-electron chi connectivity index (χ3n) is 2.82. The Morgan fingerprint density at radius 1 is 1.35 bits per heavy atom. The van der Waals surface area contributed by atoms with Crippen molar-refractivity contribution in [2.45, 2.75) is 45.2 Å². The van der Waals surface area contributed by atoms with E-state index in [4.69, 9.17) is 0 Å². The zero-order valence-electron chi connectivity index (χ0n) is 11.2. The highest BCUT2D eigenvalue weighted by molar-refractivity contribution is 5.89. The number of carbonyl (C=O) groups excluding carboxylic acids is 2. The molecule has 0 heterocycles. The van der Waals surface area contributed by atoms with Crippen molar-refractivity contribution >= 4 is 11.8 Å². The Bertz CT molecular complexity index is 298. The molecule has 1 saturated carbocycles. The molecule has 2 N–H and O–H groups in total. The van der Waals surface area contributed by atoms with E-state index in [-0.39, 0.29) is 18.4 Å². The van der Waals surface area contributed by atoms with Gasteiger partial charge in [0.15, 0.2) is 0 Å². The van der Waals surface area contributed by atoms with Gasteiger partial charge in [0, 0.05) is 13.1 Å². The highest BCUT2D eigenvalue weighted by atomic mass is 16.2. The second-order valence-electron chi connectivity index (χ2n) is 5.16. The Labute approximate surface area is 103 Å². The summed E-state index contributed by atoms with van der Waals surface area (Å²) < 4.78 is 0. The molecule has 98 valence electrons. The van der Waals surface area contributed by atoms with Crippen molar-refractivity contribution in [3.8, 4) is 0 Å².